The van der Waals surface area contributed by atoms with Gasteiger partial charge in [0, 0.05) is 25.9 Å². The second-order valence-electron chi connectivity index (χ2n) is 6.28. The van der Waals surface area contributed by atoms with Crippen molar-refractivity contribution < 1.29 is 14.4 Å². The van der Waals surface area contributed by atoms with Crippen LogP contribution in [0.3, 0.4) is 0 Å². The number of nitrogens with zero attached hydrogens (tertiary/aromatic N) is 4. The van der Waals surface area contributed by atoms with E-state index in [-0.39, 0.29) is 6.03 Å². The van der Waals surface area contributed by atoms with Crippen LogP contribution in [0.2, 0.25) is 0 Å². The summed E-state index contributed by atoms with van der Waals surface area (Å²) in [5.41, 5.74) is 3.49. The number of carbonyl (C=O) groups is 3. The molecule has 0 unspecified atom stereocenters. The van der Waals surface area contributed by atoms with Crippen molar-refractivity contribution in [1.82, 2.24) is 25.4 Å². The fraction of sp³-hybridized carbons (Fsp3) is 0.350. The van der Waals surface area contributed by atoms with Crippen LogP contribution in [-0.4, -0.2) is 52.6 Å². The molecule has 2 rings (SSSR count). The first-order valence-electron chi connectivity index (χ1n) is 9.37. The van der Waals surface area contributed by atoms with Crippen LogP contribution in [0.5, 0.6) is 0 Å². The Morgan fingerprint density at radius 1 is 1.14 bits per heavy atom. The summed E-state index contributed by atoms with van der Waals surface area (Å²) in [4.78, 5) is 35.9. The van der Waals surface area contributed by atoms with E-state index in [1.807, 2.05) is 32.9 Å². The Balaban J connectivity index is 2.23. The second kappa shape index (κ2) is 9.63. The smallest absolute Gasteiger partial charge is 0.339 e. The molecule has 0 saturated carbocycles. The summed E-state index contributed by atoms with van der Waals surface area (Å²) in [7, 11) is 3.00. The van der Waals surface area contributed by atoms with Gasteiger partial charge in [0.05, 0.1) is 17.0 Å². The first kappa shape index (κ1) is 21.8. The van der Waals surface area contributed by atoms with E-state index >= 15 is 0 Å². The number of rotatable bonds is 5. The monoisotopic (exact) mass is 398 g/mol. The Labute approximate surface area is 169 Å². The van der Waals surface area contributed by atoms with E-state index in [2.05, 4.69) is 20.8 Å². The third-order valence-corrected chi connectivity index (χ3v) is 4.31. The predicted molar refractivity (Wildman–Crippen MR) is 111 cm³/mol. The van der Waals surface area contributed by atoms with Crippen molar-refractivity contribution in [3.63, 3.8) is 0 Å². The summed E-state index contributed by atoms with van der Waals surface area (Å²) < 4.78 is 1.27. The number of nitrogens with one attached hydrogen (secondary N) is 2. The van der Waals surface area contributed by atoms with E-state index in [9.17, 15) is 14.4 Å². The molecule has 0 saturated heterocycles. The minimum atomic E-state index is -0.565. The molecule has 1 aromatic heterocycles. The van der Waals surface area contributed by atoms with Gasteiger partial charge in [-0.1, -0.05) is 37.6 Å². The van der Waals surface area contributed by atoms with Gasteiger partial charge in [-0.25, -0.2) is 9.59 Å². The zero-order valence-electron chi connectivity index (χ0n) is 17.3. The molecule has 0 radical (unpaired) electrons. The minimum Gasteiger partial charge on any atom is -0.339 e. The largest absolute Gasteiger partial charge is 0.345 e. The van der Waals surface area contributed by atoms with E-state index in [0.717, 1.165) is 21.8 Å². The first-order valence-corrected chi connectivity index (χ1v) is 9.37. The molecule has 1 aliphatic rings. The maximum atomic E-state index is 12.4. The molecule has 2 heterocycles. The van der Waals surface area contributed by atoms with Crippen LogP contribution in [0.25, 0.3) is 6.08 Å². The van der Waals surface area contributed by atoms with Gasteiger partial charge < -0.3 is 10.6 Å². The summed E-state index contributed by atoms with van der Waals surface area (Å²) in [5, 5.41) is 14.1. The molecular weight excluding hydrogens is 372 g/mol. The zero-order valence-corrected chi connectivity index (χ0v) is 17.3. The molecular formula is C20H26N6O3. The number of aromatic nitrogens is 2. The van der Waals surface area contributed by atoms with E-state index in [1.165, 1.54) is 11.7 Å². The van der Waals surface area contributed by atoms with Crippen LogP contribution in [0, 0.1) is 0 Å². The number of urea groups is 1. The van der Waals surface area contributed by atoms with Gasteiger partial charge in [0.1, 0.15) is 0 Å². The SMILES string of the molecule is CCC1=NN(C(=O)NC)C(=O)C1=CC=C(C)C=Cc1cn(C(=O)NC)nc1CC. The average Bonchev–Trinajstić information content (AvgIpc) is 3.29. The van der Waals surface area contributed by atoms with Crippen LogP contribution in [0.1, 0.15) is 38.4 Å². The molecule has 0 aromatic carbocycles. The molecule has 154 valence electrons. The quantitative estimate of drug-likeness (QED) is 0.586. The molecule has 0 spiro atoms. The Bertz CT molecular complexity index is 936. The summed E-state index contributed by atoms with van der Waals surface area (Å²) in [6.45, 7) is 5.73. The van der Waals surface area contributed by atoms with Gasteiger partial charge in [-0.15, -0.1) is 5.01 Å². The molecule has 2 N–H and O–H groups in total. The van der Waals surface area contributed by atoms with Crippen LogP contribution in [0.4, 0.5) is 9.59 Å². The van der Waals surface area contributed by atoms with Crippen molar-refractivity contribution >= 4 is 29.8 Å². The van der Waals surface area contributed by atoms with E-state index in [1.54, 1.807) is 25.4 Å². The lowest BCUT2D eigenvalue weighted by Crippen LogP contribution is -2.36. The molecule has 1 aliphatic heterocycles. The maximum absolute atomic E-state index is 12.4. The van der Waals surface area contributed by atoms with Crippen molar-refractivity contribution in [2.45, 2.75) is 33.6 Å². The lowest BCUT2D eigenvalue weighted by atomic mass is 10.1. The number of hydrazone groups is 1. The Morgan fingerprint density at radius 2 is 1.83 bits per heavy atom. The molecule has 9 heteroatoms. The molecule has 0 bridgehead atoms. The summed E-state index contributed by atoms with van der Waals surface area (Å²) in [6, 6.07) is -0.867. The fourth-order valence-electron chi connectivity index (χ4n) is 2.68. The van der Waals surface area contributed by atoms with Gasteiger partial charge in [0.15, 0.2) is 0 Å². The van der Waals surface area contributed by atoms with Crippen molar-refractivity contribution in [1.29, 1.82) is 0 Å². The predicted octanol–water partition coefficient (Wildman–Crippen LogP) is 2.47. The average molecular weight is 398 g/mol. The van der Waals surface area contributed by atoms with E-state index in [4.69, 9.17) is 0 Å². The van der Waals surface area contributed by atoms with E-state index in [0.29, 0.717) is 24.1 Å². The number of carbonyl (C=O) groups excluding carboxylic acids is 3. The highest BCUT2D eigenvalue weighted by Gasteiger charge is 2.32. The normalized spacial score (nSPS) is 16.0. The highest BCUT2D eigenvalue weighted by atomic mass is 16.2. The molecule has 0 fully saturated rings. The highest BCUT2D eigenvalue weighted by molar-refractivity contribution is 6.27. The first-order chi connectivity index (χ1) is 13.9. The zero-order chi connectivity index (χ0) is 21.6. The standard InChI is InChI=1S/C20H26N6O3/c1-6-16-14(12-25(23-16)19(28)21-4)10-8-13(3)9-11-15-17(7-2)24-26(18(15)27)20(29)22-5/h8-12H,6-7H2,1-5H3,(H,21,28)(H,22,29). The minimum absolute atomic E-state index is 0.303. The van der Waals surface area contributed by atoms with Crippen LogP contribution < -0.4 is 10.6 Å². The summed E-state index contributed by atoms with van der Waals surface area (Å²) >= 11 is 0. The van der Waals surface area contributed by atoms with Crippen LogP contribution >= 0.6 is 0 Å². The number of imide groups is 1. The Morgan fingerprint density at radius 3 is 2.41 bits per heavy atom. The number of hydrogen-bond donors (Lipinski definition) is 2. The topological polar surface area (TPSA) is 109 Å². The number of allylic oxidation sites excluding steroid dienone is 4. The fourth-order valence-corrected chi connectivity index (χ4v) is 2.68. The van der Waals surface area contributed by atoms with Gasteiger partial charge in [0.2, 0.25) is 0 Å². The van der Waals surface area contributed by atoms with Crippen molar-refractivity contribution in [2.24, 2.45) is 5.10 Å². The molecule has 29 heavy (non-hydrogen) atoms. The lowest BCUT2D eigenvalue weighted by molar-refractivity contribution is -0.123. The third-order valence-electron chi connectivity index (χ3n) is 4.31. The van der Waals surface area contributed by atoms with Crippen LogP contribution in [-0.2, 0) is 11.2 Å². The van der Waals surface area contributed by atoms with Gasteiger partial charge in [-0.05, 0) is 25.8 Å². The molecule has 1 aromatic rings. The molecule has 0 atom stereocenters. The molecule has 0 aliphatic carbocycles. The van der Waals surface area contributed by atoms with Crippen molar-refractivity contribution in [2.75, 3.05) is 14.1 Å². The third kappa shape index (κ3) is 4.87. The van der Waals surface area contributed by atoms with Gasteiger partial charge in [-0.3, -0.25) is 4.79 Å². The number of hydrogen-bond acceptors (Lipinski definition) is 5. The maximum Gasteiger partial charge on any atom is 0.345 e. The molecule has 9 nitrogen and oxygen atoms in total. The number of aryl methyl sites for hydroxylation is 1. The van der Waals surface area contributed by atoms with Crippen LogP contribution in [0.15, 0.2) is 40.7 Å². The van der Waals surface area contributed by atoms with Crippen molar-refractivity contribution in [3.8, 4) is 0 Å². The summed E-state index contributed by atoms with van der Waals surface area (Å²) in [6.07, 6.45) is 10.1. The van der Waals surface area contributed by atoms with Gasteiger partial charge >= 0.3 is 12.1 Å². The van der Waals surface area contributed by atoms with Crippen molar-refractivity contribution in [3.05, 3.63) is 46.8 Å². The second-order valence-corrected chi connectivity index (χ2v) is 6.28. The number of amides is 4. The Kier molecular flexibility index (Phi) is 7.24. The van der Waals surface area contributed by atoms with E-state index < -0.39 is 11.9 Å². The Hall–Kier alpha value is -3.49. The lowest BCUT2D eigenvalue weighted by Gasteiger charge is -2.07. The molecule has 4 amide bonds. The highest BCUT2D eigenvalue weighted by Crippen LogP contribution is 2.18. The van der Waals surface area contributed by atoms with Gasteiger partial charge in [-0.2, -0.15) is 14.9 Å². The summed E-state index contributed by atoms with van der Waals surface area (Å²) in [5.74, 6) is -0.450. The van der Waals surface area contributed by atoms with Gasteiger partial charge in [0.25, 0.3) is 5.91 Å².